The Morgan fingerprint density at radius 3 is 2.59 bits per heavy atom. The predicted octanol–water partition coefficient (Wildman–Crippen LogP) is 1.61. The summed E-state index contributed by atoms with van der Waals surface area (Å²) in [5, 5.41) is 9.12. The highest BCUT2D eigenvalue weighted by Gasteiger charge is 2.41. The Morgan fingerprint density at radius 2 is 1.82 bits per heavy atom. The average Bonchev–Trinajstić information content (AvgIpc) is 3.02. The molecule has 2 aromatic rings. The van der Waals surface area contributed by atoms with Crippen molar-refractivity contribution in [1.29, 1.82) is 0 Å². The van der Waals surface area contributed by atoms with Gasteiger partial charge in [0.25, 0.3) is 5.91 Å². The Labute approximate surface area is 128 Å². The summed E-state index contributed by atoms with van der Waals surface area (Å²) < 4.78 is 11.4. The third kappa shape index (κ3) is 2.34. The van der Waals surface area contributed by atoms with E-state index in [-0.39, 0.29) is 5.91 Å². The second-order valence-corrected chi connectivity index (χ2v) is 5.69. The van der Waals surface area contributed by atoms with E-state index in [1.54, 1.807) is 11.0 Å². The van der Waals surface area contributed by atoms with Crippen LogP contribution < -0.4 is 0 Å². The molecule has 1 aromatic carbocycles. The van der Waals surface area contributed by atoms with Gasteiger partial charge in [0.15, 0.2) is 11.5 Å². The summed E-state index contributed by atoms with van der Waals surface area (Å²) in [6.07, 6.45) is 1.42. The summed E-state index contributed by atoms with van der Waals surface area (Å²) in [5.41, 5.74) is 1.19. The number of carbonyl (C=O) groups is 1. The van der Waals surface area contributed by atoms with E-state index < -0.39 is 5.79 Å². The SMILES string of the molecule is O=C(c1cc2ccccc2nn1)N1CCC2(CC1)OCCO2. The van der Waals surface area contributed by atoms with Crippen LogP contribution in [0.4, 0.5) is 0 Å². The number of hydrogen-bond donors (Lipinski definition) is 0. The molecule has 1 aromatic heterocycles. The first kappa shape index (κ1) is 13.6. The summed E-state index contributed by atoms with van der Waals surface area (Å²) in [5.74, 6) is -0.544. The Balaban J connectivity index is 1.51. The first-order valence-electron chi connectivity index (χ1n) is 7.55. The van der Waals surface area contributed by atoms with E-state index in [0.717, 1.165) is 10.9 Å². The van der Waals surface area contributed by atoms with Gasteiger partial charge in [-0.25, -0.2) is 0 Å². The quantitative estimate of drug-likeness (QED) is 0.800. The highest BCUT2D eigenvalue weighted by molar-refractivity contribution is 5.95. The maximum atomic E-state index is 12.6. The van der Waals surface area contributed by atoms with E-state index >= 15 is 0 Å². The van der Waals surface area contributed by atoms with Crippen LogP contribution in [0.3, 0.4) is 0 Å². The highest BCUT2D eigenvalue weighted by Crippen LogP contribution is 2.31. The molecular weight excluding hydrogens is 282 g/mol. The fourth-order valence-electron chi connectivity index (χ4n) is 3.09. The zero-order chi connectivity index (χ0) is 15.0. The zero-order valence-corrected chi connectivity index (χ0v) is 12.2. The predicted molar refractivity (Wildman–Crippen MR) is 79.3 cm³/mol. The fraction of sp³-hybridized carbons (Fsp3) is 0.438. The van der Waals surface area contributed by atoms with Gasteiger partial charge in [-0.05, 0) is 12.1 Å². The minimum absolute atomic E-state index is 0.0777. The van der Waals surface area contributed by atoms with Crippen molar-refractivity contribution >= 4 is 16.8 Å². The monoisotopic (exact) mass is 299 g/mol. The molecule has 2 saturated heterocycles. The van der Waals surface area contributed by atoms with Crippen molar-refractivity contribution < 1.29 is 14.3 Å². The standard InChI is InChI=1S/C16H17N3O3/c20-15(14-11-12-3-1-2-4-13(12)17-18-14)19-7-5-16(6-8-19)21-9-10-22-16/h1-4,11H,5-10H2. The maximum Gasteiger partial charge on any atom is 0.274 e. The molecule has 0 radical (unpaired) electrons. The molecular formula is C16H17N3O3. The van der Waals surface area contributed by atoms with Gasteiger partial charge in [0.1, 0.15) is 0 Å². The number of ether oxygens (including phenoxy) is 2. The van der Waals surface area contributed by atoms with Crippen LogP contribution in [-0.2, 0) is 9.47 Å². The van der Waals surface area contributed by atoms with E-state index in [1.165, 1.54) is 0 Å². The number of likely N-dealkylation sites (tertiary alicyclic amines) is 1. The Kier molecular flexibility index (Phi) is 3.28. The Bertz CT molecular complexity index is 703. The minimum Gasteiger partial charge on any atom is -0.347 e. The van der Waals surface area contributed by atoms with Crippen molar-refractivity contribution in [2.75, 3.05) is 26.3 Å². The van der Waals surface area contributed by atoms with Crippen molar-refractivity contribution in [3.63, 3.8) is 0 Å². The molecule has 0 unspecified atom stereocenters. The number of piperidine rings is 1. The maximum absolute atomic E-state index is 12.6. The lowest BCUT2D eigenvalue weighted by Crippen LogP contribution is -2.47. The number of carbonyl (C=O) groups excluding carboxylic acids is 1. The lowest BCUT2D eigenvalue weighted by Gasteiger charge is -2.37. The minimum atomic E-state index is -0.466. The lowest BCUT2D eigenvalue weighted by molar-refractivity contribution is -0.181. The van der Waals surface area contributed by atoms with Gasteiger partial charge in [-0.3, -0.25) is 4.79 Å². The zero-order valence-electron chi connectivity index (χ0n) is 12.2. The number of rotatable bonds is 1. The summed E-state index contributed by atoms with van der Waals surface area (Å²) in [7, 11) is 0. The molecule has 4 rings (SSSR count). The number of nitrogens with zero attached hydrogens (tertiary/aromatic N) is 3. The first-order chi connectivity index (χ1) is 10.8. The van der Waals surface area contributed by atoms with Gasteiger partial charge in [0, 0.05) is 31.3 Å². The molecule has 0 N–H and O–H groups in total. The second kappa shape index (κ2) is 5.30. The fourth-order valence-corrected chi connectivity index (χ4v) is 3.09. The van der Waals surface area contributed by atoms with Crippen LogP contribution in [0.2, 0.25) is 0 Å². The molecule has 0 atom stereocenters. The molecule has 6 nitrogen and oxygen atoms in total. The van der Waals surface area contributed by atoms with Crippen LogP contribution in [-0.4, -0.2) is 53.1 Å². The number of aromatic nitrogens is 2. The van der Waals surface area contributed by atoms with Gasteiger partial charge in [0.05, 0.1) is 18.7 Å². The van der Waals surface area contributed by atoms with Crippen LogP contribution in [0.1, 0.15) is 23.3 Å². The number of benzene rings is 1. The number of fused-ring (bicyclic) bond motifs is 1. The van der Waals surface area contributed by atoms with Crippen LogP contribution >= 0.6 is 0 Å². The Hall–Kier alpha value is -2.05. The van der Waals surface area contributed by atoms with E-state index in [0.29, 0.717) is 44.8 Å². The second-order valence-electron chi connectivity index (χ2n) is 5.69. The first-order valence-corrected chi connectivity index (χ1v) is 7.55. The van der Waals surface area contributed by atoms with Crippen LogP contribution in [0.25, 0.3) is 10.9 Å². The third-order valence-electron chi connectivity index (χ3n) is 4.34. The topological polar surface area (TPSA) is 64.6 Å². The molecule has 1 amide bonds. The Morgan fingerprint density at radius 1 is 1.09 bits per heavy atom. The summed E-state index contributed by atoms with van der Waals surface area (Å²) in [6.45, 7) is 2.52. The van der Waals surface area contributed by atoms with Crippen molar-refractivity contribution in [1.82, 2.24) is 15.1 Å². The van der Waals surface area contributed by atoms with Gasteiger partial charge in [-0.1, -0.05) is 18.2 Å². The molecule has 0 bridgehead atoms. The normalized spacial score (nSPS) is 20.6. The van der Waals surface area contributed by atoms with Crippen molar-refractivity contribution in [3.8, 4) is 0 Å². The molecule has 2 aliphatic rings. The van der Waals surface area contributed by atoms with Crippen LogP contribution in [0.5, 0.6) is 0 Å². The molecule has 0 aliphatic carbocycles. The van der Waals surface area contributed by atoms with E-state index in [2.05, 4.69) is 10.2 Å². The molecule has 6 heteroatoms. The van der Waals surface area contributed by atoms with Gasteiger partial charge >= 0.3 is 0 Å². The molecule has 2 aliphatic heterocycles. The lowest BCUT2D eigenvalue weighted by atomic mass is 10.0. The van der Waals surface area contributed by atoms with E-state index in [1.807, 2.05) is 24.3 Å². The van der Waals surface area contributed by atoms with Crippen LogP contribution in [0, 0.1) is 0 Å². The largest absolute Gasteiger partial charge is 0.347 e. The van der Waals surface area contributed by atoms with Crippen molar-refractivity contribution in [2.45, 2.75) is 18.6 Å². The molecule has 3 heterocycles. The number of hydrogen-bond acceptors (Lipinski definition) is 5. The summed E-state index contributed by atoms with van der Waals surface area (Å²) in [4.78, 5) is 14.4. The average molecular weight is 299 g/mol. The van der Waals surface area contributed by atoms with Crippen LogP contribution in [0.15, 0.2) is 30.3 Å². The van der Waals surface area contributed by atoms with E-state index in [9.17, 15) is 4.79 Å². The molecule has 22 heavy (non-hydrogen) atoms. The number of amides is 1. The summed E-state index contributed by atoms with van der Waals surface area (Å²) >= 11 is 0. The van der Waals surface area contributed by atoms with E-state index in [4.69, 9.17) is 9.47 Å². The van der Waals surface area contributed by atoms with Gasteiger partial charge < -0.3 is 14.4 Å². The summed E-state index contributed by atoms with van der Waals surface area (Å²) in [6, 6.07) is 9.46. The molecule has 114 valence electrons. The third-order valence-corrected chi connectivity index (χ3v) is 4.34. The highest BCUT2D eigenvalue weighted by atomic mass is 16.7. The van der Waals surface area contributed by atoms with Gasteiger partial charge in [0.2, 0.25) is 0 Å². The smallest absolute Gasteiger partial charge is 0.274 e. The van der Waals surface area contributed by atoms with Crippen molar-refractivity contribution in [3.05, 3.63) is 36.0 Å². The molecule has 0 saturated carbocycles. The van der Waals surface area contributed by atoms with Gasteiger partial charge in [-0.2, -0.15) is 0 Å². The van der Waals surface area contributed by atoms with Gasteiger partial charge in [-0.15, -0.1) is 10.2 Å². The molecule has 2 fully saturated rings. The molecule has 1 spiro atoms. The van der Waals surface area contributed by atoms with Crippen molar-refractivity contribution in [2.24, 2.45) is 0 Å².